The van der Waals surface area contributed by atoms with Crippen molar-refractivity contribution in [3.05, 3.63) is 79.3 Å². The lowest BCUT2D eigenvalue weighted by Crippen LogP contribution is -2.44. The number of benzene rings is 2. The van der Waals surface area contributed by atoms with Crippen LogP contribution in [0.15, 0.2) is 60.8 Å². The third-order valence-electron chi connectivity index (χ3n) is 6.66. The summed E-state index contributed by atoms with van der Waals surface area (Å²) in [4.78, 5) is 4.83. The smallest absolute Gasteiger partial charge is 0.330 e. The number of hydrogen-bond acceptors (Lipinski definition) is 5. The molecule has 2 heterocycles. The molecule has 0 unspecified atom stereocenters. The first-order chi connectivity index (χ1) is 17.5. The zero-order valence-electron chi connectivity index (χ0n) is 22.8. The molecule has 0 N–H and O–H groups in total. The molecule has 0 aliphatic carbocycles. The highest BCUT2D eigenvalue weighted by atomic mass is 31.2. The van der Waals surface area contributed by atoms with Gasteiger partial charge in [0, 0.05) is 50.4 Å². The van der Waals surface area contributed by atoms with E-state index in [1.807, 2.05) is 13.8 Å². The van der Waals surface area contributed by atoms with E-state index >= 15 is 0 Å². The number of para-hydroxylation sites is 1. The Kier molecular flexibility index (Phi) is 10.9. The average Bonchev–Trinajstić information content (AvgIpc) is 2.89. The van der Waals surface area contributed by atoms with Crippen molar-refractivity contribution in [2.24, 2.45) is 0 Å². The first-order valence-corrected chi connectivity index (χ1v) is 14.7. The Labute approximate surface area is 223 Å². The van der Waals surface area contributed by atoms with Gasteiger partial charge in [0.25, 0.3) is 0 Å². The van der Waals surface area contributed by atoms with Gasteiger partial charge in [-0.15, -0.1) is 0 Å². The van der Waals surface area contributed by atoms with Gasteiger partial charge in [-0.2, -0.15) is 4.57 Å². The van der Waals surface area contributed by atoms with Crippen LogP contribution >= 0.6 is 7.60 Å². The molecule has 7 heteroatoms. The van der Waals surface area contributed by atoms with E-state index in [1.54, 1.807) is 0 Å². The highest BCUT2D eigenvalue weighted by Gasteiger charge is 2.24. The molecule has 0 amide bonds. The van der Waals surface area contributed by atoms with E-state index in [-0.39, 0.29) is 7.43 Å². The van der Waals surface area contributed by atoms with Crippen molar-refractivity contribution in [1.29, 1.82) is 0 Å². The fourth-order valence-corrected chi connectivity index (χ4v) is 6.34. The van der Waals surface area contributed by atoms with Gasteiger partial charge in [-0.1, -0.05) is 36.4 Å². The van der Waals surface area contributed by atoms with Crippen LogP contribution in [0.25, 0.3) is 23.1 Å². The predicted octanol–water partition coefficient (Wildman–Crippen LogP) is 6.16. The molecule has 1 aliphatic heterocycles. The van der Waals surface area contributed by atoms with Gasteiger partial charge in [0.15, 0.2) is 6.20 Å². The van der Waals surface area contributed by atoms with Crippen molar-refractivity contribution in [2.45, 2.75) is 26.8 Å². The SMILES string of the molecule is CCOP(=O)(CCC[n+]1ccc(C=Cc2ccc(N3CCN(C)CC3)cc2)c2ccccc21)OCC.[CH3-]. The molecule has 0 spiro atoms. The molecule has 0 radical (unpaired) electrons. The van der Waals surface area contributed by atoms with Crippen LogP contribution < -0.4 is 9.47 Å². The molecule has 3 aromatic rings. The summed E-state index contributed by atoms with van der Waals surface area (Å²) < 4.78 is 25.9. The second-order valence-corrected chi connectivity index (χ2v) is 11.4. The van der Waals surface area contributed by atoms with Crippen LogP contribution in [-0.2, 0) is 20.2 Å². The van der Waals surface area contributed by atoms with Crippen LogP contribution in [-0.4, -0.2) is 57.5 Å². The summed E-state index contributed by atoms with van der Waals surface area (Å²) in [6, 6.07) is 19.4. The number of hydrogen-bond donors (Lipinski definition) is 0. The standard InChI is InChI=1S/C29H39N3O3P.CH3/c1-4-34-36(33,35-5-2)24-8-18-32-19-17-26(28-9-6-7-10-29(28)32)14-11-25-12-15-27(16-13-25)31-22-20-30(3)21-23-31;/h6-7,9-17,19H,4-5,8,18,20-24H2,1-3H3;1H3/q+1;-1. The summed E-state index contributed by atoms with van der Waals surface area (Å²) in [6.07, 6.45) is 7.63. The Morgan fingerprint density at radius 3 is 2.27 bits per heavy atom. The Hall–Kier alpha value is -2.50. The lowest BCUT2D eigenvalue weighted by atomic mass is 10.1. The van der Waals surface area contributed by atoms with E-state index < -0.39 is 7.60 Å². The van der Waals surface area contributed by atoms with E-state index in [2.05, 4.69) is 94.4 Å². The van der Waals surface area contributed by atoms with Crippen LogP contribution in [0, 0.1) is 7.43 Å². The Morgan fingerprint density at radius 1 is 0.919 bits per heavy atom. The molecule has 0 bridgehead atoms. The fraction of sp³-hybridized carbons (Fsp3) is 0.400. The summed E-state index contributed by atoms with van der Waals surface area (Å²) in [7, 11) is -0.832. The molecule has 1 aromatic heterocycles. The first-order valence-electron chi connectivity index (χ1n) is 13.0. The molecule has 0 atom stereocenters. The number of aromatic nitrogens is 1. The lowest BCUT2D eigenvalue weighted by molar-refractivity contribution is -0.671. The molecule has 200 valence electrons. The first kappa shape index (κ1) is 29.1. The van der Waals surface area contributed by atoms with Gasteiger partial charge in [0.2, 0.25) is 5.52 Å². The molecule has 1 fully saturated rings. The molecular weight excluding hydrogens is 481 g/mol. The maximum absolute atomic E-state index is 12.8. The minimum absolute atomic E-state index is 0. The van der Waals surface area contributed by atoms with Crippen molar-refractivity contribution in [3.8, 4) is 0 Å². The number of fused-ring (bicyclic) bond motifs is 1. The summed E-state index contributed by atoms with van der Waals surface area (Å²) in [5.74, 6) is 0. The van der Waals surface area contributed by atoms with Crippen LogP contribution in [0.5, 0.6) is 0 Å². The van der Waals surface area contributed by atoms with Crippen molar-refractivity contribution in [3.63, 3.8) is 0 Å². The van der Waals surface area contributed by atoms with Gasteiger partial charge < -0.3 is 26.3 Å². The van der Waals surface area contributed by atoms with Crippen LogP contribution in [0.3, 0.4) is 0 Å². The highest BCUT2D eigenvalue weighted by Crippen LogP contribution is 2.48. The fourth-order valence-electron chi connectivity index (χ4n) is 4.69. The largest absolute Gasteiger partial charge is 0.369 e. The van der Waals surface area contributed by atoms with Crippen LogP contribution in [0.1, 0.15) is 31.4 Å². The molecule has 2 aromatic carbocycles. The highest BCUT2D eigenvalue weighted by molar-refractivity contribution is 7.53. The normalized spacial score (nSPS) is 14.8. The monoisotopic (exact) mass is 523 g/mol. The van der Waals surface area contributed by atoms with E-state index in [9.17, 15) is 4.57 Å². The van der Waals surface area contributed by atoms with Crippen LogP contribution in [0.2, 0.25) is 0 Å². The van der Waals surface area contributed by atoms with Crippen molar-refractivity contribution >= 4 is 36.3 Å². The molecule has 6 nitrogen and oxygen atoms in total. The molecule has 0 saturated carbocycles. The Balaban J connectivity index is 0.00000380. The zero-order valence-corrected chi connectivity index (χ0v) is 23.7. The summed E-state index contributed by atoms with van der Waals surface area (Å²) >= 11 is 0. The number of piperazine rings is 1. The lowest BCUT2D eigenvalue weighted by Gasteiger charge is -2.34. The zero-order chi connectivity index (χ0) is 25.4. The van der Waals surface area contributed by atoms with Gasteiger partial charge in [-0.25, -0.2) is 0 Å². The number of pyridine rings is 1. The number of anilines is 1. The maximum Gasteiger partial charge on any atom is 0.330 e. The topological polar surface area (TPSA) is 45.9 Å². The summed E-state index contributed by atoms with van der Waals surface area (Å²) in [5.41, 5.74) is 4.83. The molecular formula is C30H42N3O3P. The molecule has 1 aliphatic rings. The van der Waals surface area contributed by atoms with Crippen molar-refractivity contribution in [2.75, 3.05) is 57.5 Å². The minimum Gasteiger partial charge on any atom is -0.369 e. The van der Waals surface area contributed by atoms with Crippen LogP contribution in [0.4, 0.5) is 5.69 Å². The van der Waals surface area contributed by atoms with Gasteiger partial charge in [0.1, 0.15) is 6.54 Å². The predicted molar refractivity (Wildman–Crippen MR) is 156 cm³/mol. The number of likely N-dealkylation sites (N-methyl/N-ethyl adjacent to an activating group) is 1. The summed E-state index contributed by atoms with van der Waals surface area (Å²) in [6.45, 7) is 9.63. The third-order valence-corrected chi connectivity index (χ3v) is 8.83. The van der Waals surface area contributed by atoms with Gasteiger partial charge >= 0.3 is 7.60 Å². The molecule has 4 rings (SSSR count). The third kappa shape index (κ3) is 7.75. The molecule has 1 saturated heterocycles. The van der Waals surface area contributed by atoms with Gasteiger partial charge in [0.05, 0.1) is 24.8 Å². The van der Waals surface area contributed by atoms with Gasteiger partial charge in [-0.05, 0) is 50.2 Å². The van der Waals surface area contributed by atoms with Crippen molar-refractivity contribution in [1.82, 2.24) is 4.90 Å². The van der Waals surface area contributed by atoms with Crippen molar-refractivity contribution < 1.29 is 18.2 Å². The number of nitrogens with zero attached hydrogens (tertiary/aromatic N) is 3. The molecule has 37 heavy (non-hydrogen) atoms. The van der Waals surface area contributed by atoms with Gasteiger partial charge in [-0.3, -0.25) is 4.57 Å². The quantitative estimate of drug-likeness (QED) is 0.171. The van der Waals surface area contributed by atoms with E-state index in [4.69, 9.17) is 9.05 Å². The second kappa shape index (κ2) is 13.9. The van der Waals surface area contributed by atoms with E-state index in [0.29, 0.717) is 19.4 Å². The second-order valence-electron chi connectivity index (χ2n) is 9.22. The maximum atomic E-state index is 12.8. The van der Waals surface area contributed by atoms with E-state index in [1.165, 1.54) is 22.2 Å². The number of aryl methyl sites for hydroxylation is 1. The Morgan fingerprint density at radius 2 is 1.59 bits per heavy atom. The van der Waals surface area contributed by atoms with E-state index in [0.717, 1.165) is 44.7 Å². The Bertz CT molecular complexity index is 1190. The summed E-state index contributed by atoms with van der Waals surface area (Å²) in [5, 5.41) is 1.20. The average molecular weight is 524 g/mol. The minimum atomic E-state index is -3.02. The number of rotatable bonds is 11.